The van der Waals surface area contributed by atoms with Crippen molar-refractivity contribution in [2.45, 2.75) is 26.2 Å². The number of fused-ring (bicyclic) bond motifs is 1. The predicted octanol–water partition coefficient (Wildman–Crippen LogP) is 1.32. The number of rotatable bonds is 2. The van der Waals surface area contributed by atoms with Gasteiger partial charge in [-0.2, -0.15) is 9.47 Å². The van der Waals surface area contributed by atoms with Gasteiger partial charge >= 0.3 is 0 Å². The fourth-order valence-electron chi connectivity index (χ4n) is 2.42. The smallest absolute Gasteiger partial charge is 0.229 e. The van der Waals surface area contributed by atoms with Crippen molar-refractivity contribution in [2.75, 3.05) is 5.32 Å². The Morgan fingerprint density at radius 2 is 2.42 bits per heavy atom. The van der Waals surface area contributed by atoms with Crippen LogP contribution in [-0.4, -0.2) is 25.0 Å². The number of hydrogen-bond donors (Lipinski definition) is 1. The molecule has 0 aromatic carbocycles. The summed E-state index contributed by atoms with van der Waals surface area (Å²) < 4.78 is 5.92. The Bertz CT molecular complexity index is 617. The topological polar surface area (TPSA) is 72.7 Å². The SMILES string of the molecule is Cc1nsc(NC(=O)C2CCc3cnn(C)c3C2)n1. The molecule has 0 saturated carbocycles. The van der Waals surface area contributed by atoms with Crippen molar-refractivity contribution >= 4 is 22.6 Å². The van der Waals surface area contributed by atoms with Crippen molar-refractivity contribution in [1.29, 1.82) is 0 Å². The molecule has 0 aliphatic heterocycles. The molecule has 7 heteroatoms. The van der Waals surface area contributed by atoms with E-state index in [0.29, 0.717) is 11.0 Å². The van der Waals surface area contributed by atoms with Gasteiger partial charge in [0.05, 0.1) is 6.20 Å². The standard InChI is InChI=1S/C12H15N5OS/c1-7-14-12(19-16-7)15-11(18)8-3-4-9-6-13-17(2)10(9)5-8/h6,8H,3-5H2,1-2H3,(H,14,15,16,18). The van der Waals surface area contributed by atoms with Gasteiger partial charge in [0.25, 0.3) is 0 Å². The summed E-state index contributed by atoms with van der Waals surface area (Å²) in [6, 6.07) is 0. The number of carbonyl (C=O) groups is 1. The second kappa shape index (κ2) is 4.73. The zero-order valence-corrected chi connectivity index (χ0v) is 11.7. The largest absolute Gasteiger partial charge is 0.300 e. The summed E-state index contributed by atoms with van der Waals surface area (Å²) >= 11 is 1.22. The van der Waals surface area contributed by atoms with Crippen LogP contribution >= 0.6 is 11.5 Å². The number of hydrogen-bond acceptors (Lipinski definition) is 5. The number of carbonyl (C=O) groups excluding carboxylic acids is 1. The Hall–Kier alpha value is -1.76. The number of anilines is 1. The van der Waals surface area contributed by atoms with Crippen molar-refractivity contribution in [3.8, 4) is 0 Å². The van der Waals surface area contributed by atoms with Crippen LogP contribution in [0.3, 0.4) is 0 Å². The number of nitrogens with zero attached hydrogens (tertiary/aromatic N) is 4. The molecule has 3 rings (SSSR count). The molecule has 2 aromatic heterocycles. The van der Waals surface area contributed by atoms with Crippen LogP contribution in [0.25, 0.3) is 0 Å². The molecule has 1 aliphatic rings. The molecule has 19 heavy (non-hydrogen) atoms. The first-order valence-electron chi connectivity index (χ1n) is 6.24. The van der Waals surface area contributed by atoms with Gasteiger partial charge in [0.1, 0.15) is 5.82 Å². The van der Waals surface area contributed by atoms with E-state index in [1.165, 1.54) is 22.8 Å². The van der Waals surface area contributed by atoms with Gasteiger partial charge in [0.2, 0.25) is 11.0 Å². The van der Waals surface area contributed by atoms with E-state index in [-0.39, 0.29) is 11.8 Å². The molecule has 0 saturated heterocycles. The molecule has 6 nitrogen and oxygen atoms in total. The van der Waals surface area contributed by atoms with Crippen molar-refractivity contribution in [3.05, 3.63) is 23.3 Å². The Morgan fingerprint density at radius 3 is 3.16 bits per heavy atom. The van der Waals surface area contributed by atoms with Crippen LogP contribution in [0.2, 0.25) is 0 Å². The van der Waals surface area contributed by atoms with E-state index in [1.807, 2.05) is 24.9 Å². The lowest BCUT2D eigenvalue weighted by Crippen LogP contribution is -2.28. The second-order valence-corrected chi connectivity index (χ2v) is 5.57. The molecule has 1 atom stereocenters. The van der Waals surface area contributed by atoms with E-state index in [2.05, 4.69) is 19.8 Å². The maximum Gasteiger partial charge on any atom is 0.229 e. The minimum atomic E-state index is -0.00731. The molecule has 0 bridgehead atoms. The molecule has 0 spiro atoms. The lowest BCUT2D eigenvalue weighted by atomic mass is 9.87. The minimum Gasteiger partial charge on any atom is -0.300 e. The zero-order valence-electron chi connectivity index (χ0n) is 10.9. The van der Waals surface area contributed by atoms with E-state index in [0.717, 1.165) is 19.3 Å². The molecule has 1 N–H and O–H groups in total. The molecular formula is C12H15N5OS. The predicted molar refractivity (Wildman–Crippen MR) is 72.0 cm³/mol. The van der Waals surface area contributed by atoms with E-state index < -0.39 is 0 Å². The van der Waals surface area contributed by atoms with Crippen molar-refractivity contribution < 1.29 is 4.79 Å². The maximum absolute atomic E-state index is 12.2. The molecule has 0 fully saturated rings. The highest BCUT2D eigenvalue weighted by Gasteiger charge is 2.27. The monoisotopic (exact) mass is 277 g/mol. The highest BCUT2D eigenvalue weighted by molar-refractivity contribution is 7.09. The summed E-state index contributed by atoms with van der Waals surface area (Å²) in [5.74, 6) is 0.716. The molecular weight excluding hydrogens is 262 g/mol. The third kappa shape index (κ3) is 2.37. The molecule has 1 amide bonds. The van der Waals surface area contributed by atoms with Gasteiger partial charge in [0.15, 0.2) is 0 Å². The fraction of sp³-hybridized carbons (Fsp3) is 0.500. The van der Waals surface area contributed by atoms with Gasteiger partial charge in [-0.05, 0) is 25.3 Å². The number of aromatic nitrogens is 4. The van der Waals surface area contributed by atoms with Crippen LogP contribution in [-0.2, 0) is 24.7 Å². The van der Waals surface area contributed by atoms with Gasteiger partial charge in [0, 0.05) is 36.6 Å². The van der Waals surface area contributed by atoms with Crippen LogP contribution in [0.15, 0.2) is 6.20 Å². The Morgan fingerprint density at radius 1 is 1.58 bits per heavy atom. The summed E-state index contributed by atoms with van der Waals surface area (Å²) in [5, 5.41) is 7.68. The first-order valence-corrected chi connectivity index (χ1v) is 7.02. The lowest BCUT2D eigenvalue weighted by Gasteiger charge is -2.21. The van der Waals surface area contributed by atoms with E-state index in [1.54, 1.807) is 0 Å². The van der Waals surface area contributed by atoms with Gasteiger partial charge in [-0.1, -0.05) is 0 Å². The molecule has 100 valence electrons. The summed E-state index contributed by atoms with van der Waals surface area (Å²) in [5.41, 5.74) is 2.43. The van der Waals surface area contributed by atoms with Gasteiger partial charge < -0.3 is 5.32 Å². The number of aryl methyl sites for hydroxylation is 3. The van der Waals surface area contributed by atoms with Gasteiger partial charge in [-0.3, -0.25) is 9.48 Å². The highest BCUT2D eigenvalue weighted by Crippen LogP contribution is 2.26. The maximum atomic E-state index is 12.2. The van der Waals surface area contributed by atoms with Crippen molar-refractivity contribution in [3.63, 3.8) is 0 Å². The first-order chi connectivity index (χ1) is 9.13. The average molecular weight is 277 g/mol. The lowest BCUT2D eigenvalue weighted by molar-refractivity contribution is -0.120. The Kier molecular flexibility index (Phi) is 3.06. The molecule has 0 radical (unpaired) electrons. The van der Waals surface area contributed by atoms with E-state index in [9.17, 15) is 4.79 Å². The molecule has 1 aliphatic carbocycles. The van der Waals surface area contributed by atoms with Crippen molar-refractivity contribution in [1.82, 2.24) is 19.1 Å². The zero-order chi connectivity index (χ0) is 13.4. The average Bonchev–Trinajstić information content (AvgIpc) is 2.96. The third-order valence-corrected chi connectivity index (χ3v) is 4.20. The minimum absolute atomic E-state index is 0.00731. The fourth-order valence-corrected chi connectivity index (χ4v) is 3.00. The second-order valence-electron chi connectivity index (χ2n) is 4.82. The van der Waals surface area contributed by atoms with Crippen LogP contribution in [0, 0.1) is 12.8 Å². The van der Waals surface area contributed by atoms with E-state index in [4.69, 9.17) is 0 Å². The number of amides is 1. The molecule has 2 heterocycles. The first kappa shape index (κ1) is 12.3. The normalized spacial score (nSPS) is 18.1. The van der Waals surface area contributed by atoms with Gasteiger partial charge in [-0.25, -0.2) is 4.98 Å². The van der Waals surface area contributed by atoms with Crippen LogP contribution in [0.4, 0.5) is 5.13 Å². The van der Waals surface area contributed by atoms with Crippen molar-refractivity contribution in [2.24, 2.45) is 13.0 Å². The quantitative estimate of drug-likeness (QED) is 0.898. The molecule has 1 unspecified atom stereocenters. The van der Waals surface area contributed by atoms with E-state index >= 15 is 0 Å². The molecule has 2 aromatic rings. The van der Waals surface area contributed by atoms with Crippen LogP contribution < -0.4 is 5.32 Å². The van der Waals surface area contributed by atoms with Crippen LogP contribution in [0.5, 0.6) is 0 Å². The number of nitrogens with one attached hydrogen (secondary N) is 1. The Labute approximate surface area is 115 Å². The summed E-state index contributed by atoms with van der Waals surface area (Å²) in [4.78, 5) is 16.4. The van der Waals surface area contributed by atoms with Crippen LogP contribution in [0.1, 0.15) is 23.5 Å². The summed E-state index contributed by atoms with van der Waals surface area (Å²) in [6.45, 7) is 1.81. The Balaban J connectivity index is 1.70. The highest BCUT2D eigenvalue weighted by atomic mass is 32.1. The van der Waals surface area contributed by atoms with Gasteiger partial charge in [-0.15, -0.1) is 0 Å². The summed E-state index contributed by atoms with van der Waals surface area (Å²) in [7, 11) is 1.92. The summed E-state index contributed by atoms with van der Waals surface area (Å²) in [6.07, 6.45) is 4.42. The third-order valence-electron chi connectivity index (χ3n) is 3.48.